The minimum absolute atomic E-state index is 0.399. The first-order valence-electron chi connectivity index (χ1n) is 11.1. The van der Waals surface area contributed by atoms with E-state index in [9.17, 15) is 0 Å². The average molecular weight is 388 g/mol. The summed E-state index contributed by atoms with van der Waals surface area (Å²) in [6.07, 6.45) is 2.19. The minimum atomic E-state index is 0.399. The van der Waals surface area contributed by atoms with Gasteiger partial charge in [-0.05, 0) is 44.7 Å². The van der Waals surface area contributed by atoms with Gasteiger partial charge >= 0.3 is 0 Å². The Hall–Kier alpha value is -1.59. The topological polar surface area (TPSA) is 42.9 Å². The number of likely N-dealkylation sites (N-methyl/N-ethyl adjacent to an activating group) is 1. The zero-order chi connectivity index (χ0) is 20.2. The molecule has 1 saturated heterocycles. The van der Waals surface area contributed by atoms with Crippen molar-refractivity contribution >= 4 is 5.96 Å². The van der Waals surface area contributed by atoms with Gasteiger partial charge in [-0.3, -0.25) is 4.99 Å². The van der Waals surface area contributed by atoms with E-state index in [1.807, 2.05) is 0 Å². The Balaban J connectivity index is 1.74. The van der Waals surface area contributed by atoms with Gasteiger partial charge in [0.15, 0.2) is 5.96 Å². The van der Waals surface area contributed by atoms with Gasteiger partial charge in [-0.1, -0.05) is 44.2 Å². The van der Waals surface area contributed by atoms with Crippen LogP contribution in [0.1, 0.15) is 39.7 Å². The van der Waals surface area contributed by atoms with Crippen molar-refractivity contribution in [1.82, 2.24) is 20.4 Å². The molecule has 0 spiro atoms. The fraction of sp³-hybridized carbons (Fsp3) is 0.696. The Bertz CT molecular complexity index is 551. The van der Waals surface area contributed by atoms with E-state index in [1.54, 1.807) is 0 Å². The van der Waals surface area contributed by atoms with Crippen LogP contribution in [0.5, 0.6) is 0 Å². The third kappa shape index (κ3) is 8.61. The first kappa shape index (κ1) is 22.7. The lowest BCUT2D eigenvalue weighted by molar-refractivity contribution is 0.125. The number of nitrogens with zero attached hydrogens (tertiary/aromatic N) is 3. The van der Waals surface area contributed by atoms with Gasteiger partial charge in [0.1, 0.15) is 0 Å². The molecular formula is C23H41N5. The van der Waals surface area contributed by atoms with Crippen LogP contribution in [0.25, 0.3) is 0 Å². The van der Waals surface area contributed by atoms with Crippen molar-refractivity contribution in [3.63, 3.8) is 0 Å². The van der Waals surface area contributed by atoms with Gasteiger partial charge in [0.2, 0.25) is 0 Å². The van der Waals surface area contributed by atoms with Crippen molar-refractivity contribution in [2.24, 2.45) is 10.9 Å². The summed E-state index contributed by atoms with van der Waals surface area (Å²) >= 11 is 0. The van der Waals surface area contributed by atoms with Crippen molar-refractivity contribution < 1.29 is 0 Å². The van der Waals surface area contributed by atoms with E-state index in [1.165, 1.54) is 38.3 Å². The number of piperazine rings is 1. The van der Waals surface area contributed by atoms with Crippen LogP contribution in [0, 0.1) is 5.92 Å². The molecule has 1 aliphatic rings. The second-order valence-electron chi connectivity index (χ2n) is 8.13. The van der Waals surface area contributed by atoms with Crippen molar-refractivity contribution in [3.8, 4) is 0 Å². The molecule has 0 aromatic heterocycles. The molecule has 158 valence electrons. The predicted molar refractivity (Wildman–Crippen MR) is 121 cm³/mol. The summed E-state index contributed by atoms with van der Waals surface area (Å²) in [7, 11) is 0. The maximum Gasteiger partial charge on any atom is 0.191 e. The summed E-state index contributed by atoms with van der Waals surface area (Å²) in [5.74, 6) is 1.52. The number of nitrogens with one attached hydrogen (secondary N) is 2. The lowest BCUT2D eigenvalue weighted by atomic mass is 10.1. The molecule has 0 saturated carbocycles. The lowest BCUT2D eigenvalue weighted by Gasteiger charge is -2.35. The maximum atomic E-state index is 4.86. The van der Waals surface area contributed by atoms with E-state index in [-0.39, 0.29) is 0 Å². The monoisotopic (exact) mass is 387 g/mol. The van der Waals surface area contributed by atoms with E-state index < -0.39 is 0 Å². The quantitative estimate of drug-likeness (QED) is 0.479. The highest BCUT2D eigenvalue weighted by molar-refractivity contribution is 5.80. The van der Waals surface area contributed by atoms with Gasteiger partial charge < -0.3 is 20.4 Å². The molecule has 0 bridgehead atoms. The Morgan fingerprint density at radius 2 is 1.71 bits per heavy atom. The predicted octanol–water partition coefficient (Wildman–Crippen LogP) is 2.84. The standard InChI is InChI=1S/C23H41N5/c1-5-24-23(26-21(4)12-13-22-10-8-7-9-11-22)25-18-20(3)19-28-16-14-27(6-2)15-17-28/h7-11,20-21H,5-6,12-19H2,1-4H3,(H2,24,25,26). The first-order chi connectivity index (χ1) is 13.6. The maximum absolute atomic E-state index is 4.86. The van der Waals surface area contributed by atoms with E-state index in [0.29, 0.717) is 12.0 Å². The summed E-state index contributed by atoms with van der Waals surface area (Å²) in [5, 5.41) is 6.98. The fourth-order valence-corrected chi connectivity index (χ4v) is 3.69. The fourth-order valence-electron chi connectivity index (χ4n) is 3.69. The van der Waals surface area contributed by atoms with Crippen LogP contribution in [0.15, 0.2) is 35.3 Å². The molecule has 0 amide bonds. The molecule has 28 heavy (non-hydrogen) atoms. The van der Waals surface area contributed by atoms with Gasteiger partial charge in [-0.25, -0.2) is 0 Å². The number of benzene rings is 1. The highest BCUT2D eigenvalue weighted by atomic mass is 15.3. The van der Waals surface area contributed by atoms with Crippen LogP contribution >= 0.6 is 0 Å². The third-order valence-corrected chi connectivity index (χ3v) is 5.48. The van der Waals surface area contributed by atoms with Crippen LogP contribution < -0.4 is 10.6 Å². The third-order valence-electron chi connectivity index (χ3n) is 5.48. The number of guanidine groups is 1. The summed E-state index contributed by atoms with van der Waals surface area (Å²) < 4.78 is 0. The summed E-state index contributed by atoms with van der Waals surface area (Å²) in [6, 6.07) is 11.1. The van der Waals surface area contributed by atoms with Crippen molar-refractivity contribution in [3.05, 3.63) is 35.9 Å². The molecule has 1 aromatic rings. The van der Waals surface area contributed by atoms with Gasteiger partial charge in [-0.15, -0.1) is 0 Å². The summed E-state index contributed by atoms with van der Waals surface area (Å²) in [4.78, 5) is 9.99. The molecule has 5 nitrogen and oxygen atoms in total. The van der Waals surface area contributed by atoms with Gasteiger partial charge in [0, 0.05) is 51.9 Å². The number of aliphatic imine (C=N–C) groups is 1. The second kappa shape index (κ2) is 12.8. The van der Waals surface area contributed by atoms with Gasteiger partial charge in [-0.2, -0.15) is 0 Å². The molecule has 5 heteroatoms. The highest BCUT2D eigenvalue weighted by Gasteiger charge is 2.17. The Morgan fingerprint density at radius 3 is 2.36 bits per heavy atom. The van der Waals surface area contributed by atoms with Crippen LogP contribution in [0.3, 0.4) is 0 Å². The van der Waals surface area contributed by atoms with E-state index in [4.69, 9.17) is 4.99 Å². The number of rotatable bonds is 10. The molecule has 1 aromatic carbocycles. The van der Waals surface area contributed by atoms with E-state index in [0.717, 1.165) is 38.4 Å². The van der Waals surface area contributed by atoms with Crippen LogP contribution in [-0.4, -0.2) is 74.2 Å². The SMILES string of the molecule is CCNC(=NCC(C)CN1CCN(CC)CC1)NC(C)CCc1ccccc1. The molecule has 1 heterocycles. The minimum Gasteiger partial charge on any atom is -0.357 e. The zero-order valence-corrected chi connectivity index (χ0v) is 18.5. The van der Waals surface area contributed by atoms with Gasteiger partial charge in [0.25, 0.3) is 0 Å². The Morgan fingerprint density at radius 1 is 1.04 bits per heavy atom. The molecule has 2 unspecified atom stereocenters. The van der Waals surface area contributed by atoms with Crippen LogP contribution in [-0.2, 0) is 6.42 Å². The molecule has 0 radical (unpaired) electrons. The van der Waals surface area contributed by atoms with E-state index >= 15 is 0 Å². The van der Waals surface area contributed by atoms with E-state index in [2.05, 4.69) is 78.5 Å². The summed E-state index contributed by atoms with van der Waals surface area (Å²) in [5.41, 5.74) is 1.40. The molecule has 1 aliphatic heterocycles. The summed E-state index contributed by atoms with van der Waals surface area (Å²) in [6.45, 7) is 17.8. The second-order valence-corrected chi connectivity index (χ2v) is 8.13. The smallest absolute Gasteiger partial charge is 0.191 e. The molecule has 1 fully saturated rings. The number of hydrogen-bond donors (Lipinski definition) is 2. The normalized spacial score (nSPS) is 18.6. The average Bonchev–Trinajstić information content (AvgIpc) is 2.72. The Labute approximate surface area is 172 Å². The molecular weight excluding hydrogens is 346 g/mol. The molecule has 2 N–H and O–H groups in total. The first-order valence-corrected chi connectivity index (χ1v) is 11.1. The van der Waals surface area contributed by atoms with Crippen molar-refractivity contribution in [2.75, 3.05) is 52.4 Å². The molecule has 2 atom stereocenters. The van der Waals surface area contributed by atoms with Crippen molar-refractivity contribution in [2.45, 2.75) is 46.6 Å². The molecule has 2 rings (SSSR count). The highest BCUT2D eigenvalue weighted by Crippen LogP contribution is 2.07. The molecule has 0 aliphatic carbocycles. The van der Waals surface area contributed by atoms with Crippen LogP contribution in [0.4, 0.5) is 0 Å². The largest absolute Gasteiger partial charge is 0.357 e. The van der Waals surface area contributed by atoms with Crippen molar-refractivity contribution in [1.29, 1.82) is 0 Å². The Kier molecular flexibility index (Phi) is 10.4. The number of aryl methyl sites for hydroxylation is 1. The van der Waals surface area contributed by atoms with Gasteiger partial charge in [0.05, 0.1) is 0 Å². The number of hydrogen-bond acceptors (Lipinski definition) is 3. The van der Waals surface area contributed by atoms with Crippen LogP contribution in [0.2, 0.25) is 0 Å². The lowest BCUT2D eigenvalue weighted by Crippen LogP contribution is -2.47. The zero-order valence-electron chi connectivity index (χ0n) is 18.5.